The predicted molar refractivity (Wildman–Crippen MR) is 69.1 cm³/mol. The second kappa shape index (κ2) is 5.71. The molecule has 0 radical (unpaired) electrons. The van der Waals surface area contributed by atoms with E-state index in [4.69, 9.17) is 0 Å². The minimum atomic E-state index is 0.242. The second-order valence-electron chi connectivity index (χ2n) is 5.13. The van der Waals surface area contributed by atoms with Gasteiger partial charge in [-0.25, -0.2) is 4.79 Å². The minimum Gasteiger partial charge on any atom is -0.325 e. The Balaban J connectivity index is 1.93. The van der Waals surface area contributed by atoms with Gasteiger partial charge in [-0.3, -0.25) is 0 Å². The summed E-state index contributed by atoms with van der Waals surface area (Å²) in [5, 5.41) is 3.49. The molecule has 17 heavy (non-hydrogen) atoms. The number of nitrogens with zero attached hydrogens (tertiary/aromatic N) is 2. The molecule has 0 spiro atoms. The van der Waals surface area contributed by atoms with Crippen LogP contribution in [0.5, 0.6) is 0 Å². The molecular weight excluding hydrogens is 214 g/mol. The molecule has 1 aliphatic carbocycles. The van der Waals surface area contributed by atoms with E-state index < -0.39 is 0 Å². The van der Waals surface area contributed by atoms with Crippen LogP contribution in [0.4, 0.5) is 4.79 Å². The highest BCUT2D eigenvalue weighted by atomic mass is 16.2. The molecule has 0 aromatic carbocycles. The Kier molecular flexibility index (Phi) is 4.26. The number of hydrogen-bond donors (Lipinski definition) is 1. The maximum Gasteiger partial charge on any atom is 0.320 e. The van der Waals surface area contributed by atoms with E-state index in [9.17, 15) is 4.79 Å². The first-order chi connectivity index (χ1) is 8.26. The van der Waals surface area contributed by atoms with Gasteiger partial charge in [-0.2, -0.15) is 0 Å². The van der Waals surface area contributed by atoms with Gasteiger partial charge >= 0.3 is 6.03 Å². The fraction of sp³-hybridized carbons (Fsp3) is 0.923. The van der Waals surface area contributed by atoms with Gasteiger partial charge in [0.25, 0.3) is 0 Å². The zero-order chi connectivity index (χ0) is 12.3. The molecule has 0 aromatic rings. The van der Waals surface area contributed by atoms with E-state index in [0.717, 1.165) is 26.2 Å². The number of carbonyl (C=O) groups is 1. The molecule has 1 N–H and O–H groups in total. The number of hydrogen-bond acceptors (Lipinski definition) is 2. The summed E-state index contributed by atoms with van der Waals surface area (Å²) in [4.78, 5) is 16.4. The molecule has 1 atom stereocenters. The molecule has 1 saturated carbocycles. The van der Waals surface area contributed by atoms with E-state index in [1.807, 2.05) is 4.90 Å². The topological polar surface area (TPSA) is 35.6 Å². The molecule has 2 fully saturated rings. The first-order valence-electron chi connectivity index (χ1n) is 7.05. The monoisotopic (exact) mass is 239 g/mol. The number of carbonyl (C=O) groups excluding carboxylic acids is 1. The molecule has 98 valence electrons. The van der Waals surface area contributed by atoms with Crippen LogP contribution in [0.3, 0.4) is 0 Å². The van der Waals surface area contributed by atoms with Gasteiger partial charge in [0.2, 0.25) is 0 Å². The largest absolute Gasteiger partial charge is 0.325 e. The predicted octanol–water partition coefficient (Wildman–Crippen LogP) is 1.66. The van der Waals surface area contributed by atoms with Crippen LogP contribution in [-0.4, -0.2) is 54.1 Å². The number of amides is 2. The summed E-state index contributed by atoms with van der Waals surface area (Å²) in [7, 11) is 0. The van der Waals surface area contributed by atoms with Crippen LogP contribution in [0.25, 0.3) is 0 Å². The highest BCUT2D eigenvalue weighted by Gasteiger charge is 2.35. The molecule has 2 aliphatic rings. The van der Waals surface area contributed by atoms with Gasteiger partial charge in [-0.05, 0) is 46.1 Å². The number of urea groups is 1. The van der Waals surface area contributed by atoms with Crippen LogP contribution in [0, 0.1) is 0 Å². The summed E-state index contributed by atoms with van der Waals surface area (Å²) in [6.07, 6.45) is 4.86. The van der Waals surface area contributed by atoms with Crippen LogP contribution in [0.1, 0.15) is 39.5 Å². The Morgan fingerprint density at radius 3 is 2.41 bits per heavy atom. The molecule has 2 rings (SSSR count). The first-order valence-corrected chi connectivity index (χ1v) is 7.05. The Bertz CT molecular complexity index is 255. The van der Waals surface area contributed by atoms with Crippen LogP contribution in [0.15, 0.2) is 0 Å². The average molecular weight is 239 g/mol. The van der Waals surface area contributed by atoms with Crippen molar-refractivity contribution in [3.63, 3.8) is 0 Å². The Morgan fingerprint density at radius 1 is 1.24 bits per heavy atom. The molecule has 0 bridgehead atoms. The highest BCUT2D eigenvalue weighted by molar-refractivity contribution is 5.75. The smallest absolute Gasteiger partial charge is 0.320 e. The van der Waals surface area contributed by atoms with Gasteiger partial charge in [-0.15, -0.1) is 0 Å². The van der Waals surface area contributed by atoms with Crippen molar-refractivity contribution in [2.45, 2.75) is 51.6 Å². The first kappa shape index (κ1) is 12.7. The van der Waals surface area contributed by atoms with Gasteiger partial charge in [0, 0.05) is 31.7 Å². The van der Waals surface area contributed by atoms with Gasteiger partial charge in [0.05, 0.1) is 0 Å². The van der Waals surface area contributed by atoms with E-state index in [1.54, 1.807) is 0 Å². The van der Waals surface area contributed by atoms with Crippen molar-refractivity contribution in [1.29, 1.82) is 0 Å². The van der Waals surface area contributed by atoms with Gasteiger partial charge < -0.3 is 15.1 Å². The number of nitrogens with one attached hydrogen (secondary N) is 1. The highest BCUT2D eigenvalue weighted by Crippen LogP contribution is 2.28. The van der Waals surface area contributed by atoms with E-state index in [-0.39, 0.29) is 6.03 Å². The number of rotatable bonds is 5. The third-order valence-electron chi connectivity index (χ3n) is 3.85. The zero-order valence-electron chi connectivity index (χ0n) is 11.1. The quantitative estimate of drug-likeness (QED) is 0.792. The lowest BCUT2D eigenvalue weighted by molar-refractivity contribution is 0.150. The third-order valence-corrected chi connectivity index (χ3v) is 3.85. The third kappa shape index (κ3) is 3.12. The fourth-order valence-electron chi connectivity index (χ4n) is 2.60. The van der Waals surface area contributed by atoms with E-state index in [0.29, 0.717) is 12.1 Å². The molecule has 1 aliphatic heterocycles. The second-order valence-corrected chi connectivity index (χ2v) is 5.13. The lowest BCUT2D eigenvalue weighted by atomic mass is 10.2. The van der Waals surface area contributed by atoms with Crippen LogP contribution >= 0.6 is 0 Å². The molecule has 1 unspecified atom stereocenters. The van der Waals surface area contributed by atoms with Crippen molar-refractivity contribution < 1.29 is 4.79 Å². The van der Waals surface area contributed by atoms with Crippen molar-refractivity contribution in [1.82, 2.24) is 15.1 Å². The SMILES string of the molecule is CCN(CC)C(=O)N(CC1CCCN1)C1CC1. The Labute approximate surface area is 104 Å². The molecular formula is C13H25N3O. The van der Waals surface area contributed by atoms with Crippen LogP contribution in [-0.2, 0) is 0 Å². The zero-order valence-corrected chi connectivity index (χ0v) is 11.1. The molecule has 4 nitrogen and oxygen atoms in total. The van der Waals surface area contributed by atoms with Gasteiger partial charge in [0.1, 0.15) is 0 Å². The Morgan fingerprint density at radius 2 is 1.94 bits per heavy atom. The molecule has 2 amide bonds. The normalized spacial score (nSPS) is 23.8. The van der Waals surface area contributed by atoms with Gasteiger partial charge in [0.15, 0.2) is 0 Å². The van der Waals surface area contributed by atoms with Crippen molar-refractivity contribution in [2.24, 2.45) is 0 Å². The molecule has 0 aromatic heterocycles. The fourth-order valence-corrected chi connectivity index (χ4v) is 2.60. The van der Waals surface area contributed by atoms with Crippen molar-refractivity contribution in [3.05, 3.63) is 0 Å². The van der Waals surface area contributed by atoms with Gasteiger partial charge in [-0.1, -0.05) is 0 Å². The van der Waals surface area contributed by atoms with Crippen LogP contribution < -0.4 is 5.32 Å². The van der Waals surface area contributed by atoms with Crippen LogP contribution in [0.2, 0.25) is 0 Å². The maximum atomic E-state index is 12.4. The van der Waals surface area contributed by atoms with E-state index in [2.05, 4.69) is 24.1 Å². The lowest BCUT2D eigenvalue weighted by Gasteiger charge is -2.31. The van der Waals surface area contributed by atoms with Crippen molar-refractivity contribution in [2.75, 3.05) is 26.2 Å². The average Bonchev–Trinajstić information content (AvgIpc) is 3.05. The lowest BCUT2D eigenvalue weighted by Crippen LogP contribution is -2.48. The Hall–Kier alpha value is -0.770. The van der Waals surface area contributed by atoms with E-state index in [1.165, 1.54) is 25.7 Å². The molecule has 1 heterocycles. The summed E-state index contributed by atoms with van der Waals surface area (Å²) in [6.45, 7) is 7.76. The summed E-state index contributed by atoms with van der Waals surface area (Å²) in [5.74, 6) is 0. The summed E-state index contributed by atoms with van der Waals surface area (Å²) in [6, 6.07) is 1.28. The summed E-state index contributed by atoms with van der Waals surface area (Å²) in [5.41, 5.74) is 0. The molecule has 4 heteroatoms. The molecule has 1 saturated heterocycles. The summed E-state index contributed by atoms with van der Waals surface area (Å²) < 4.78 is 0. The van der Waals surface area contributed by atoms with Crippen molar-refractivity contribution >= 4 is 6.03 Å². The maximum absolute atomic E-state index is 12.4. The summed E-state index contributed by atoms with van der Waals surface area (Å²) >= 11 is 0. The minimum absolute atomic E-state index is 0.242. The van der Waals surface area contributed by atoms with E-state index >= 15 is 0 Å². The standard InChI is InChI=1S/C13H25N3O/c1-3-15(4-2)13(17)16(12-7-8-12)10-11-6-5-9-14-11/h11-12,14H,3-10H2,1-2H3. The van der Waals surface area contributed by atoms with Crippen molar-refractivity contribution in [3.8, 4) is 0 Å².